The second-order valence-corrected chi connectivity index (χ2v) is 25.4. The molecule has 8 aromatic carbocycles. The summed E-state index contributed by atoms with van der Waals surface area (Å²) in [6.07, 6.45) is 16.5. The number of rotatable bonds is 11. The standard InChI is InChI=1S/3C23H22N.C14H14N.C13H12N.3Ir/c3*1-2-7-18(8-3-1)19-12-14-20(15-13-19)21-9-6-10-22(17-21)23-11-4-5-16-24-23;1-10-4-6-13(7-5-10)14-8-11(2)12(3)9-15-14;1-10-8-13(14-9-11(10)2)12-6-4-3-5-7-12;;;/h3*1-9,11,16-17,19-20H,12-15H2;4-6,8-9H,1-3H3;3-6,8-9H,1-2H3;;;/q5*-1;;;/i3*19D,20D;1D3,3D3;2D3;;;. The maximum atomic E-state index is 9.04. The molecule has 5 nitrogen and oxygen atoms in total. The van der Waals surface area contributed by atoms with Crippen LogP contribution in [0.3, 0.4) is 0 Å². The monoisotopic (exact) mass is 1910 g/mol. The molecule has 3 aliphatic carbocycles. The van der Waals surface area contributed by atoms with Crippen LogP contribution in [0, 0.1) is 64.7 Å². The first-order valence-electron chi connectivity index (χ1n) is 42.3. The molecule has 3 fully saturated rings. The summed E-state index contributed by atoms with van der Waals surface area (Å²) in [5.74, 6) is -3.64. The summed E-state index contributed by atoms with van der Waals surface area (Å²) in [4.78, 5) is 21.5. The largest absolute Gasteiger partial charge is 0.305 e. The van der Waals surface area contributed by atoms with E-state index in [2.05, 4.69) is 73.5 Å². The Labute approximate surface area is 681 Å². The molecule has 8 heteroatoms. The van der Waals surface area contributed by atoms with Crippen LogP contribution in [0.25, 0.3) is 56.3 Å². The average molecular weight is 1910 g/mol. The van der Waals surface area contributed by atoms with Gasteiger partial charge in [-0.1, -0.05) is 158 Å². The van der Waals surface area contributed by atoms with Crippen molar-refractivity contribution in [2.75, 3.05) is 0 Å². The van der Waals surface area contributed by atoms with E-state index in [4.69, 9.17) is 20.6 Å². The zero-order valence-corrected chi connectivity index (χ0v) is 65.5. The number of hydrogen-bond donors (Lipinski definition) is 0. The van der Waals surface area contributed by atoms with E-state index in [0.717, 1.165) is 84.0 Å². The first-order chi connectivity index (χ1) is 55.3. The first-order valence-corrected chi connectivity index (χ1v) is 34.8. The Kier molecular flexibility index (Phi) is 24.1. The van der Waals surface area contributed by atoms with Crippen molar-refractivity contribution in [2.45, 2.75) is 147 Å². The predicted molar refractivity (Wildman–Crippen MR) is 417 cm³/mol. The van der Waals surface area contributed by atoms with Crippen LogP contribution in [0.5, 0.6) is 0 Å². The molecule has 5 heterocycles. The minimum Gasteiger partial charge on any atom is -0.305 e. The minimum absolute atomic E-state index is 0. The van der Waals surface area contributed by atoms with Crippen LogP contribution < -0.4 is 0 Å². The van der Waals surface area contributed by atoms with Gasteiger partial charge in [0, 0.05) is 112 Å². The van der Waals surface area contributed by atoms with Crippen molar-refractivity contribution in [2.24, 2.45) is 0 Å². The van der Waals surface area contributed by atoms with Gasteiger partial charge in [-0.25, -0.2) is 0 Å². The summed E-state index contributed by atoms with van der Waals surface area (Å²) in [6.45, 7) is -2.95. The number of hydrogen-bond acceptors (Lipinski definition) is 5. The van der Waals surface area contributed by atoms with E-state index < -0.39 is 55.9 Å². The average Bonchev–Trinajstić information content (AvgIpc) is 0.780. The van der Waals surface area contributed by atoms with Crippen molar-refractivity contribution < 1.29 is 80.9 Å². The summed E-state index contributed by atoms with van der Waals surface area (Å²) in [5.41, 5.74) is 16.5. The van der Waals surface area contributed by atoms with E-state index >= 15 is 0 Å². The van der Waals surface area contributed by atoms with Gasteiger partial charge in [-0.05, 0) is 214 Å². The number of benzene rings is 8. The van der Waals surface area contributed by atoms with E-state index in [1.54, 1.807) is 50.6 Å². The number of nitrogens with zero attached hydrogens (tertiary/aromatic N) is 5. The molecule has 0 N–H and O–H groups in total. The molecule has 0 saturated heterocycles. The molecule has 3 aliphatic rings. The molecule has 5 aromatic heterocycles. The van der Waals surface area contributed by atoms with Crippen LogP contribution >= 0.6 is 0 Å². The van der Waals surface area contributed by atoms with Gasteiger partial charge >= 0.3 is 0 Å². The molecular formula is C96H92Ir3N5-5. The van der Waals surface area contributed by atoms with E-state index in [1.807, 2.05) is 206 Å². The molecule has 3 saturated carbocycles. The van der Waals surface area contributed by atoms with Gasteiger partial charge in [0.15, 0.2) is 0 Å². The second-order valence-electron chi connectivity index (χ2n) is 25.4. The van der Waals surface area contributed by atoms with E-state index in [0.29, 0.717) is 99.4 Å². The van der Waals surface area contributed by atoms with Crippen LogP contribution in [0.1, 0.15) is 194 Å². The Morgan fingerprint density at radius 2 is 0.606 bits per heavy atom. The number of aryl methyl sites for hydroxylation is 5. The Balaban J connectivity index is 0.000000170. The van der Waals surface area contributed by atoms with Crippen LogP contribution in [0.15, 0.2) is 286 Å². The van der Waals surface area contributed by atoms with Gasteiger partial charge in [-0.2, -0.15) is 0 Å². The third-order valence-electron chi connectivity index (χ3n) is 18.7. The van der Waals surface area contributed by atoms with Crippen molar-refractivity contribution in [3.05, 3.63) is 377 Å². The Hall–Kier alpha value is -8.54. The normalized spacial score (nSPS) is 23.9. The van der Waals surface area contributed by atoms with Gasteiger partial charge < -0.3 is 24.9 Å². The van der Waals surface area contributed by atoms with Gasteiger partial charge in [0.2, 0.25) is 0 Å². The predicted octanol–water partition coefficient (Wildman–Crippen LogP) is 24.6. The van der Waals surface area contributed by atoms with Crippen molar-refractivity contribution in [3.63, 3.8) is 0 Å². The summed E-state index contributed by atoms with van der Waals surface area (Å²) in [7, 11) is 0. The number of aromatic nitrogens is 5. The van der Waals surface area contributed by atoms with Crippen molar-refractivity contribution in [3.8, 4) is 56.3 Å². The summed E-state index contributed by atoms with van der Waals surface area (Å²) in [5, 5.41) is 0. The van der Waals surface area contributed by atoms with Crippen LogP contribution in [-0.2, 0) is 60.3 Å². The molecule has 13 aromatic rings. The van der Waals surface area contributed by atoms with Gasteiger partial charge in [0.05, 0.1) is 0 Å². The molecule has 16 rings (SSSR count). The van der Waals surface area contributed by atoms with Crippen LogP contribution in [0.2, 0.25) is 0 Å². The van der Waals surface area contributed by atoms with Gasteiger partial charge in [-0.3, -0.25) is 0 Å². The van der Waals surface area contributed by atoms with Crippen molar-refractivity contribution >= 4 is 0 Å². The SMILES string of the molecule is [2H]C([2H])([2H])c1c[c-]c(-c2cc(C)c(C([2H])([2H])[2H])cn2)cc1.[2H]C([2H])([2H])c1cnc(-c2[c-]cccc2)cc1C.[2H]C1(c2ccccc2)CCC([2H])(c2cc[c-]c(-c3ccccn3)c2)CC1.[2H]C1(c2ccccc2)CCC([2H])(c2cc[c-]c(-c3ccccn3)c2)CC1.[2H]C1(c2ccccc2)CCC([2H])(c2cc[c-]c(-c3ccccn3)c2)CC1.[Ir].[Ir].[Ir]. The molecule has 0 spiro atoms. The van der Waals surface area contributed by atoms with E-state index in [9.17, 15) is 0 Å². The summed E-state index contributed by atoms with van der Waals surface area (Å²) in [6, 6.07) is 96.7. The van der Waals surface area contributed by atoms with Crippen LogP contribution in [-0.4, -0.2) is 24.9 Å². The van der Waals surface area contributed by atoms with Gasteiger partial charge in [-0.15, -0.1) is 177 Å². The Morgan fingerprint density at radius 3 is 0.894 bits per heavy atom. The van der Waals surface area contributed by atoms with Gasteiger partial charge in [0.25, 0.3) is 0 Å². The molecule has 104 heavy (non-hydrogen) atoms. The van der Waals surface area contributed by atoms with Crippen molar-refractivity contribution in [1.29, 1.82) is 0 Å². The third kappa shape index (κ3) is 22.7. The Bertz CT molecular complexity index is 4970. The number of pyridine rings is 5. The Morgan fingerprint density at radius 1 is 0.279 bits per heavy atom. The minimum atomic E-state index is -2.19. The molecule has 0 bridgehead atoms. The fourth-order valence-corrected chi connectivity index (χ4v) is 12.9. The molecular weight excluding hydrogens is 1800 g/mol. The molecule has 0 aliphatic heterocycles. The first kappa shape index (κ1) is 60.7. The topological polar surface area (TPSA) is 64.5 Å². The summed E-state index contributed by atoms with van der Waals surface area (Å²) >= 11 is 0. The molecule has 0 amide bonds. The smallest absolute Gasteiger partial charge is 0.0352 e. The fraction of sp³-hybridized carbons (Fsp3) is 0.240. The van der Waals surface area contributed by atoms with Crippen LogP contribution in [0.4, 0.5) is 0 Å². The van der Waals surface area contributed by atoms with Gasteiger partial charge in [0.1, 0.15) is 0 Å². The molecule has 3 radical (unpaired) electrons. The van der Waals surface area contributed by atoms with Crippen molar-refractivity contribution in [1.82, 2.24) is 24.9 Å². The maximum Gasteiger partial charge on any atom is 0.0352 e. The maximum absolute atomic E-state index is 9.04. The zero-order valence-electron chi connectivity index (χ0n) is 73.4. The zero-order chi connectivity index (χ0) is 82.4. The fourth-order valence-electron chi connectivity index (χ4n) is 12.9. The summed E-state index contributed by atoms with van der Waals surface area (Å²) < 4.78 is 120. The molecule has 0 atom stereocenters. The molecule has 0 unspecified atom stereocenters. The molecule has 533 valence electrons. The third-order valence-corrected chi connectivity index (χ3v) is 18.7. The van der Waals surface area contributed by atoms with E-state index in [-0.39, 0.29) is 71.4 Å². The quantitative estimate of drug-likeness (QED) is 0.121. The second kappa shape index (κ2) is 41.2. The van der Waals surface area contributed by atoms with E-state index in [1.165, 1.54) is 24.5 Å².